The molecule has 0 radical (unpaired) electrons. The van der Waals surface area contributed by atoms with E-state index < -0.39 is 6.67 Å². The minimum atomic E-state index is -0.510. The average molecular weight is 496 g/mol. The maximum atomic E-state index is 15.0. The van der Waals surface area contributed by atoms with Crippen molar-refractivity contribution in [3.8, 4) is 11.1 Å². The van der Waals surface area contributed by atoms with Gasteiger partial charge in [0.05, 0.1) is 11.6 Å². The van der Waals surface area contributed by atoms with Crippen LogP contribution in [-0.2, 0) is 16.1 Å². The van der Waals surface area contributed by atoms with Gasteiger partial charge in [0.25, 0.3) is 0 Å². The molecule has 1 unspecified atom stereocenters. The first-order valence-corrected chi connectivity index (χ1v) is 12.8. The van der Waals surface area contributed by atoms with Crippen molar-refractivity contribution in [1.29, 1.82) is 0 Å². The molecule has 0 saturated heterocycles. The van der Waals surface area contributed by atoms with Crippen LogP contribution in [0.25, 0.3) is 22.0 Å². The Kier molecular flexibility index (Phi) is 8.99. The second-order valence-corrected chi connectivity index (χ2v) is 9.50. The van der Waals surface area contributed by atoms with E-state index >= 15 is 4.39 Å². The van der Waals surface area contributed by atoms with Gasteiger partial charge in [0.2, 0.25) is 5.91 Å². The number of fused-ring (bicyclic) bond motifs is 1. The third-order valence-electron chi connectivity index (χ3n) is 6.78. The van der Waals surface area contributed by atoms with Crippen LogP contribution in [-0.4, -0.2) is 65.8 Å². The SMILES string of the molecule is CCN(C(=O)COC(C)CCN(CCF)Cc1ccc(-c2ccc3cccnc3c2)cc1F)C1CC1. The van der Waals surface area contributed by atoms with Crippen molar-refractivity contribution < 1.29 is 18.3 Å². The van der Waals surface area contributed by atoms with Gasteiger partial charge in [-0.3, -0.25) is 14.7 Å². The van der Waals surface area contributed by atoms with Crippen molar-refractivity contribution in [3.05, 3.63) is 66.1 Å². The molecule has 0 spiro atoms. The van der Waals surface area contributed by atoms with Crippen molar-refractivity contribution in [2.45, 2.75) is 51.8 Å². The van der Waals surface area contributed by atoms with E-state index in [1.54, 1.807) is 12.3 Å². The summed E-state index contributed by atoms with van der Waals surface area (Å²) < 4.78 is 34.0. The maximum Gasteiger partial charge on any atom is 0.248 e. The highest BCUT2D eigenvalue weighted by atomic mass is 19.1. The van der Waals surface area contributed by atoms with Crippen LogP contribution in [0.2, 0.25) is 0 Å². The van der Waals surface area contributed by atoms with Gasteiger partial charge >= 0.3 is 0 Å². The zero-order valence-electron chi connectivity index (χ0n) is 21.1. The van der Waals surface area contributed by atoms with Gasteiger partial charge in [-0.1, -0.05) is 30.3 Å². The Labute approximate surface area is 212 Å². The Balaban J connectivity index is 1.32. The summed E-state index contributed by atoms with van der Waals surface area (Å²) in [5, 5.41) is 1.04. The Bertz CT molecular complexity index is 1170. The summed E-state index contributed by atoms with van der Waals surface area (Å²) in [5.74, 6) is -0.288. The third-order valence-corrected chi connectivity index (χ3v) is 6.78. The van der Waals surface area contributed by atoms with E-state index in [9.17, 15) is 9.18 Å². The first-order valence-electron chi connectivity index (χ1n) is 12.8. The second-order valence-electron chi connectivity index (χ2n) is 9.50. The van der Waals surface area contributed by atoms with Crippen molar-refractivity contribution in [2.24, 2.45) is 0 Å². The number of nitrogens with zero attached hydrogens (tertiary/aromatic N) is 3. The Morgan fingerprint density at radius 3 is 2.64 bits per heavy atom. The summed E-state index contributed by atoms with van der Waals surface area (Å²) in [6, 6.07) is 15.4. The number of aromatic nitrogens is 1. The molecule has 1 fully saturated rings. The summed E-state index contributed by atoms with van der Waals surface area (Å²) in [6.07, 6.45) is 4.37. The second kappa shape index (κ2) is 12.4. The maximum absolute atomic E-state index is 15.0. The zero-order valence-corrected chi connectivity index (χ0v) is 21.1. The molecule has 1 saturated carbocycles. The van der Waals surface area contributed by atoms with Gasteiger partial charge in [-0.2, -0.15) is 0 Å². The highest BCUT2D eigenvalue weighted by Crippen LogP contribution is 2.27. The number of hydrogen-bond acceptors (Lipinski definition) is 4. The first kappa shape index (κ1) is 26.2. The predicted molar refractivity (Wildman–Crippen MR) is 139 cm³/mol. The Morgan fingerprint density at radius 2 is 1.92 bits per heavy atom. The molecule has 192 valence electrons. The van der Waals surface area contributed by atoms with E-state index in [0.717, 1.165) is 34.9 Å². The van der Waals surface area contributed by atoms with Crippen LogP contribution in [0.4, 0.5) is 8.78 Å². The lowest BCUT2D eigenvalue weighted by molar-refractivity contribution is -0.138. The summed E-state index contributed by atoms with van der Waals surface area (Å²) in [4.78, 5) is 20.5. The zero-order chi connectivity index (χ0) is 25.5. The quantitative estimate of drug-likeness (QED) is 0.309. The number of alkyl halides is 1. The lowest BCUT2D eigenvalue weighted by Crippen LogP contribution is -2.37. The van der Waals surface area contributed by atoms with E-state index in [2.05, 4.69) is 4.98 Å². The van der Waals surface area contributed by atoms with E-state index in [1.807, 2.05) is 60.0 Å². The number of ether oxygens (including phenoxy) is 1. The average Bonchev–Trinajstić information content (AvgIpc) is 3.72. The molecule has 1 heterocycles. The van der Waals surface area contributed by atoms with Gasteiger partial charge in [0.1, 0.15) is 19.1 Å². The standard InChI is InChI=1S/C29H35F2N3O2/c1-3-34(26-10-11-26)29(35)20-36-21(2)12-15-33(16-13-30)19-25-9-8-23(17-27(25)31)24-7-6-22-5-4-14-32-28(22)18-24/h4-9,14,17-18,21,26H,3,10-13,15-16,19-20H2,1-2H3. The highest BCUT2D eigenvalue weighted by molar-refractivity contribution is 5.84. The van der Waals surface area contributed by atoms with Crippen molar-refractivity contribution in [1.82, 2.24) is 14.8 Å². The van der Waals surface area contributed by atoms with Gasteiger partial charge in [-0.05, 0) is 62.4 Å². The fourth-order valence-corrected chi connectivity index (χ4v) is 4.50. The molecular weight excluding hydrogens is 460 g/mol. The molecule has 1 aliphatic carbocycles. The van der Waals surface area contributed by atoms with Gasteiger partial charge in [0, 0.05) is 49.4 Å². The Morgan fingerprint density at radius 1 is 1.14 bits per heavy atom. The number of hydrogen-bond donors (Lipinski definition) is 0. The molecule has 0 aliphatic heterocycles. The normalized spacial score (nSPS) is 14.4. The summed E-state index contributed by atoms with van der Waals surface area (Å²) >= 11 is 0. The van der Waals surface area contributed by atoms with E-state index in [1.165, 1.54) is 6.07 Å². The molecule has 2 aromatic carbocycles. The minimum Gasteiger partial charge on any atom is -0.369 e. The van der Waals surface area contributed by atoms with Crippen molar-refractivity contribution in [3.63, 3.8) is 0 Å². The largest absolute Gasteiger partial charge is 0.369 e. The number of pyridine rings is 1. The Hall–Kier alpha value is -2.90. The number of amides is 1. The number of rotatable bonds is 13. The van der Waals surface area contributed by atoms with Crippen molar-refractivity contribution in [2.75, 3.05) is 32.9 Å². The number of halogens is 2. The molecule has 0 N–H and O–H groups in total. The van der Waals surface area contributed by atoms with Gasteiger partial charge in [-0.25, -0.2) is 8.78 Å². The number of benzene rings is 2. The van der Waals surface area contributed by atoms with Crippen LogP contribution in [0.3, 0.4) is 0 Å². The van der Waals surface area contributed by atoms with Gasteiger partial charge in [-0.15, -0.1) is 0 Å². The van der Waals surface area contributed by atoms with E-state index in [0.29, 0.717) is 37.7 Å². The first-order chi connectivity index (χ1) is 17.5. The summed E-state index contributed by atoms with van der Waals surface area (Å²) in [5.41, 5.74) is 3.07. The molecule has 0 bridgehead atoms. The molecule has 1 amide bonds. The molecule has 5 nitrogen and oxygen atoms in total. The van der Waals surface area contributed by atoms with E-state index in [-0.39, 0.29) is 31.0 Å². The minimum absolute atomic E-state index is 0.0248. The van der Waals surface area contributed by atoms with E-state index in [4.69, 9.17) is 4.74 Å². The summed E-state index contributed by atoms with van der Waals surface area (Å²) in [7, 11) is 0. The van der Waals surface area contributed by atoms with Gasteiger partial charge < -0.3 is 9.64 Å². The fourth-order valence-electron chi connectivity index (χ4n) is 4.50. The fraction of sp³-hybridized carbons (Fsp3) is 0.448. The van der Waals surface area contributed by atoms with Gasteiger partial charge in [0.15, 0.2) is 0 Å². The molecule has 1 atom stereocenters. The number of likely N-dealkylation sites (N-methyl/N-ethyl adjacent to an activating group) is 1. The molecule has 3 aromatic rings. The summed E-state index contributed by atoms with van der Waals surface area (Å²) in [6.45, 7) is 5.24. The van der Waals surface area contributed by atoms with Crippen LogP contribution in [0, 0.1) is 5.82 Å². The lowest BCUT2D eigenvalue weighted by Gasteiger charge is -2.24. The number of carbonyl (C=O) groups excluding carboxylic acids is 1. The topological polar surface area (TPSA) is 45.7 Å². The van der Waals surface area contributed by atoms with Crippen LogP contribution in [0.1, 0.15) is 38.7 Å². The molecule has 1 aliphatic rings. The van der Waals surface area contributed by atoms with Crippen molar-refractivity contribution >= 4 is 16.8 Å². The van der Waals surface area contributed by atoms with Crippen LogP contribution in [0.5, 0.6) is 0 Å². The smallest absolute Gasteiger partial charge is 0.248 e. The monoisotopic (exact) mass is 495 g/mol. The highest BCUT2D eigenvalue weighted by Gasteiger charge is 2.31. The number of carbonyl (C=O) groups is 1. The lowest BCUT2D eigenvalue weighted by atomic mass is 10.0. The van der Waals surface area contributed by atoms with Crippen LogP contribution >= 0.6 is 0 Å². The predicted octanol–water partition coefficient (Wildman–Crippen LogP) is 5.62. The molecular formula is C29H35F2N3O2. The van der Waals surface area contributed by atoms with Crippen LogP contribution < -0.4 is 0 Å². The van der Waals surface area contributed by atoms with Crippen LogP contribution in [0.15, 0.2) is 54.7 Å². The molecule has 36 heavy (non-hydrogen) atoms. The molecule has 7 heteroatoms. The molecule has 4 rings (SSSR count). The third kappa shape index (κ3) is 6.86. The molecule has 1 aromatic heterocycles.